The number of carbonyl (C=O) groups is 3. The lowest BCUT2D eigenvalue weighted by molar-refractivity contribution is -0.135. The van der Waals surface area contributed by atoms with Gasteiger partial charge in [0.05, 0.1) is 11.5 Å². The van der Waals surface area contributed by atoms with Crippen LogP contribution in [-0.2, 0) is 21.4 Å². The lowest BCUT2D eigenvalue weighted by Gasteiger charge is -2.36. The molecule has 3 N–H and O–H groups in total. The third kappa shape index (κ3) is 5.16. The van der Waals surface area contributed by atoms with Crippen molar-refractivity contribution in [3.05, 3.63) is 114 Å². The first-order valence-electron chi connectivity index (χ1n) is 12.6. The molecule has 1 fully saturated rings. The highest BCUT2D eigenvalue weighted by molar-refractivity contribution is 5.98. The zero-order valence-electron chi connectivity index (χ0n) is 20.5. The largest absolute Gasteiger partial charge is 0.369 e. The Hall–Kier alpha value is -4.26. The fourth-order valence-corrected chi connectivity index (χ4v) is 5.05. The Morgan fingerprint density at radius 3 is 2.54 bits per heavy atom. The molecule has 2 aromatic carbocycles. The van der Waals surface area contributed by atoms with E-state index in [-0.39, 0.29) is 23.8 Å². The summed E-state index contributed by atoms with van der Waals surface area (Å²) in [6, 6.07) is 19.6. The molecule has 0 spiro atoms. The highest BCUT2D eigenvalue weighted by Crippen LogP contribution is 2.48. The summed E-state index contributed by atoms with van der Waals surface area (Å²) in [6.45, 7) is 0.455. The summed E-state index contributed by atoms with van der Waals surface area (Å²) in [4.78, 5) is 45.5. The minimum Gasteiger partial charge on any atom is -0.369 e. The first-order valence-corrected chi connectivity index (χ1v) is 12.6. The molecule has 3 aromatic rings. The lowest BCUT2D eigenvalue weighted by atomic mass is 9.93. The van der Waals surface area contributed by atoms with Gasteiger partial charge in [0.2, 0.25) is 11.8 Å². The van der Waals surface area contributed by atoms with Crippen LogP contribution < -0.4 is 11.1 Å². The number of aromatic nitrogens is 1. The van der Waals surface area contributed by atoms with Gasteiger partial charge in [0.25, 0.3) is 5.91 Å². The fraction of sp³-hybridized carbons (Fsp3) is 0.267. The number of benzene rings is 2. The molecule has 37 heavy (non-hydrogen) atoms. The van der Waals surface area contributed by atoms with Gasteiger partial charge in [-0.2, -0.15) is 0 Å². The van der Waals surface area contributed by atoms with Crippen molar-refractivity contribution in [3.8, 4) is 0 Å². The maximum absolute atomic E-state index is 14.0. The van der Waals surface area contributed by atoms with Crippen molar-refractivity contribution in [3.63, 3.8) is 0 Å². The molecule has 1 aliphatic heterocycles. The SMILES string of the molecule is NC(=O)C1(c2cccc(C(=O)N[C@@H](Cc3ccccc3)C(=O)N3CC=CCC3c3cccnc3)c2)CC1. The number of carbonyl (C=O) groups excluding carboxylic acids is 3. The number of hydrogen-bond acceptors (Lipinski definition) is 4. The molecule has 2 aliphatic rings. The minimum absolute atomic E-state index is 0.151. The van der Waals surface area contributed by atoms with Gasteiger partial charge >= 0.3 is 0 Å². The average Bonchev–Trinajstić information content (AvgIpc) is 3.76. The van der Waals surface area contributed by atoms with Crippen LogP contribution >= 0.6 is 0 Å². The van der Waals surface area contributed by atoms with Gasteiger partial charge in [0.15, 0.2) is 0 Å². The Morgan fingerprint density at radius 1 is 1.03 bits per heavy atom. The van der Waals surface area contributed by atoms with Gasteiger partial charge in [0.1, 0.15) is 6.04 Å². The second kappa shape index (κ2) is 10.4. The van der Waals surface area contributed by atoms with Crippen molar-refractivity contribution in [1.82, 2.24) is 15.2 Å². The lowest BCUT2D eigenvalue weighted by Crippen LogP contribution is -2.51. The summed E-state index contributed by atoms with van der Waals surface area (Å²) in [5.41, 5.74) is 8.01. The van der Waals surface area contributed by atoms with E-state index in [2.05, 4.69) is 16.4 Å². The predicted molar refractivity (Wildman–Crippen MR) is 140 cm³/mol. The zero-order valence-corrected chi connectivity index (χ0v) is 20.5. The summed E-state index contributed by atoms with van der Waals surface area (Å²) in [5.74, 6) is -0.883. The topological polar surface area (TPSA) is 105 Å². The molecule has 1 aliphatic carbocycles. The molecule has 7 heteroatoms. The third-order valence-electron chi connectivity index (χ3n) is 7.34. The maximum Gasteiger partial charge on any atom is 0.251 e. The van der Waals surface area contributed by atoms with Crippen molar-refractivity contribution in [2.45, 2.75) is 43.2 Å². The summed E-state index contributed by atoms with van der Waals surface area (Å²) >= 11 is 0. The predicted octanol–water partition coefficient (Wildman–Crippen LogP) is 3.47. The average molecular weight is 495 g/mol. The Bertz CT molecular complexity index is 1320. The molecule has 1 saturated carbocycles. The molecule has 2 heterocycles. The van der Waals surface area contributed by atoms with Crippen LogP contribution in [0.2, 0.25) is 0 Å². The molecule has 0 radical (unpaired) electrons. The van der Waals surface area contributed by atoms with E-state index in [1.807, 2.05) is 59.5 Å². The van der Waals surface area contributed by atoms with Crippen LogP contribution in [0.5, 0.6) is 0 Å². The second-order valence-electron chi connectivity index (χ2n) is 9.74. The van der Waals surface area contributed by atoms with E-state index >= 15 is 0 Å². The molecule has 188 valence electrons. The first-order chi connectivity index (χ1) is 18.0. The number of nitrogens with two attached hydrogens (primary N) is 1. The van der Waals surface area contributed by atoms with Crippen LogP contribution in [0.3, 0.4) is 0 Å². The number of nitrogens with one attached hydrogen (secondary N) is 1. The highest BCUT2D eigenvalue weighted by Gasteiger charge is 2.50. The number of nitrogens with zero attached hydrogens (tertiary/aromatic N) is 2. The van der Waals surface area contributed by atoms with Crippen LogP contribution in [0.1, 0.15) is 52.4 Å². The smallest absolute Gasteiger partial charge is 0.251 e. The number of hydrogen-bond donors (Lipinski definition) is 2. The molecule has 5 rings (SSSR count). The quantitative estimate of drug-likeness (QED) is 0.468. The van der Waals surface area contributed by atoms with Crippen molar-refractivity contribution in [2.75, 3.05) is 6.54 Å². The first kappa shape index (κ1) is 24.4. The summed E-state index contributed by atoms with van der Waals surface area (Å²) in [6.07, 6.45) is 9.95. The zero-order chi connectivity index (χ0) is 25.8. The second-order valence-corrected chi connectivity index (χ2v) is 9.74. The Labute approximate surface area is 216 Å². The number of pyridine rings is 1. The maximum atomic E-state index is 14.0. The minimum atomic E-state index is -0.768. The van der Waals surface area contributed by atoms with Crippen molar-refractivity contribution < 1.29 is 14.4 Å². The van der Waals surface area contributed by atoms with Gasteiger partial charge in [-0.1, -0.05) is 60.7 Å². The highest BCUT2D eigenvalue weighted by atomic mass is 16.2. The monoisotopic (exact) mass is 494 g/mol. The molecule has 3 amide bonds. The van der Waals surface area contributed by atoms with Gasteiger partial charge in [-0.15, -0.1) is 0 Å². The summed E-state index contributed by atoms with van der Waals surface area (Å²) in [7, 11) is 0. The van der Waals surface area contributed by atoms with E-state index in [0.717, 1.165) is 16.7 Å². The standard InChI is InChI=1S/C30H30N4O3/c31-29(37)30(14-15-30)24-12-6-10-22(19-24)27(35)33-25(18-21-8-2-1-3-9-21)28(36)34-17-5-4-13-26(34)23-11-7-16-32-20-23/h1-12,16,19-20,25-26H,13-15,17-18H2,(H2,31,37)(H,33,35)/t25-,26?/m0/s1. The Morgan fingerprint density at radius 2 is 1.84 bits per heavy atom. The Balaban J connectivity index is 1.42. The van der Waals surface area contributed by atoms with E-state index < -0.39 is 11.5 Å². The molecule has 0 saturated heterocycles. The fourth-order valence-electron chi connectivity index (χ4n) is 5.05. The van der Waals surface area contributed by atoms with Crippen molar-refractivity contribution >= 4 is 17.7 Å². The van der Waals surface area contributed by atoms with Crippen LogP contribution in [-0.4, -0.2) is 40.2 Å². The van der Waals surface area contributed by atoms with E-state index in [4.69, 9.17) is 5.73 Å². The van der Waals surface area contributed by atoms with Crippen LogP contribution in [0, 0.1) is 0 Å². The summed E-state index contributed by atoms with van der Waals surface area (Å²) in [5, 5.41) is 2.99. The molecular formula is C30H30N4O3. The van der Waals surface area contributed by atoms with Crippen molar-refractivity contribution in [1.29, 1.82) is 0 Å². The number of rotatable bonds is 8. The number of amides is 3. The van der Waals surface area contributed by atoms with E-state index in [1.54, 1.807) is 30.6 Å². The van der Waals surface area contributed by atoms with E-state index in [0.29, 0.717) is 37.8 Å². The van der Waals surface area contributed by atoms with Crippen LogP contribution in [0.4, 0.5) is 0 Å². The number of primary amides is 1. The molecule has 1 unspecified atom stereocenters. The van der Waals surface area contributed by atoms with Gasteiger partial charge < -0.3 is 16.0 Å². The molecular weight excluding hydrogens is 464 g/mol. The van der Waals surface area contributed by atoms with Gasteiger partial charge in [0, 0.05) is 30.9 Å². The van der Waals surface area contributed by atoms with E-state index in [1.165, 1.54) is 0 Å². The molecule has 1 aromatic heterocycles. The van der Waals surface area contributed by atoms with Gasteiger partial charge in [-0.3, -0.25) is 19.4 Å². The third-order valence-corrected chi connectivity index (χ3v) is 7.34. The van der Waals surface area contributed by atoms with Crippen molar-refractivity contribution in [2.24, 2.45) is 5.73 Å². The van der Waals surface area contributed by atoms with Gasteiger partial charge in [-0.25, -0.2) is 0 Å². The normalized spacial score (nSPS) is 18.6. The van der Waals surface area contributed by atoms with Crippen LogP contribution in [0.25, 0.3) is 0 Å². The molecule has 7 nitrogen and oxygen atoms in total. The Kier molecular flexibility index (Phi) is 6.86. The molecule has 0 bridgehead atoms. The molecule has 2 atom stereocenters. The summed E-state index contributed by atoms with van der Waals surface area (Å²) < 4.78 is 0. The van der Waals surface area contributed by atoms with Gasteiger partial charge in [-0.05, 0) is 54.2 Å². The van der Waals surface area contributed by atoms with E-state index in [9.17, 15) is 14.4 Å². The van der Waals surface area contributed by atoms with Crippen LogP contribution in [0.15, 0.2) is 91.3 Å².